The van der Waals surface area contributed by atoms with Gasteiger partial charge in [0.1, 0.15) is 12.9 Å². The number of aromatic nitrogens is 4. The molecule has 3 N–H and O–H groups in total. The van der Waals surface area contributed by atoms with E-state index in [1.54, 1.807) is 6.20 Å². The number of anilines is 1. The van der Waals surface area contributed by atoms with E-state index in [2.05, 4.69) is 20.4 Å². The fourth-order valence-electron chi connectivity index (χ4n) is 2.09. The second kappa shape index (κ2) is 5.58. The van der Waals surface area contributed by atoms with Crippen LogP contribution in [0.5, 0.6) is 0 Å². The van der Waals surface area contributed by atoms with Gasteiger partial charge < -0.3 is 11.1 Å². The van der Waals surface area contributed by atoms with E-state index in [-0.39, 0.29) is 18.4 Å². The molecule has 1 aromatic carbocycles. The number of pyridine rings is 1. The average molecular weight is 282 g/mol. The number of benzene rings is 1. The lowest BCUT2D eigenvalue weighted by Gasteiger charge is -2.07. The molecule has 106 valence electrons. The van der Waals surface area contributed by atoms with Gasteiger partial charge in [-0.2, -0.15) is 0 Å². The Labute approximate surface area is 120 Å². The SMILES string of the molecule is Nc1ncn(CC(=O)NCc2cccc3cccnc23)n1. The van der Waals surface area contributed by atoms with Gasteiger partial charge in [0.15, 0.2) is 0 Å². The first-order valence-corrected chi connectivity index (χ1v) is 6.46. The van der Waals surface area contributed by atoms with E-state index in [1.807, 2.05) is 30.3 Å². The zero-order chi connectivity index (χ0) is 14.7. The largest absolute Gasteiger partial charge is 0.367 e. The molecule has 0 radical (unpaired) electrons. The zero-order valence-electron chi connectivity index (χ0n) is 11.2. The van der Waals surface area contributed by atoms with Gasteiger partial charge in [0.25, 0.3) is 0 Å². The van der Waals surface area contributed by atoms with E-state index >= 15 is 0 Å². The monoisotopic (exact) mass is 282 g/mol. The Morgan fingerprint density at radius 1 is 1.24 bits per heavy atom. The predicted octanol–water partition coefficient (Wildman–Crippen LogP) is 0.725. The number of carbonyl (C=O) groups excluding carboxylic acids is 1. The Morgan fingerprint density at radius 2 is 2.10 bits per heavy atom. The minimum atomic E-state index is -0.159. The first-order valence-electron chi connectivity index (χ1n) is 6.46. The summed E-state index contributed by atoms with van der Waals surface area (Å²) >= 11 is 0. The van der Waals surface area contributed by atoms with Gasteiger partial charge in [-0.1, -0.05) is 24.3 Å². The number of nitrogens with one attached hydrogen (secondary N) is 1. The third kappa shape index (κ3) is 2.97. The lowest BCUT2D eigenvalue weighted by Crippen LogP contribution is -2.27. The Hall–Kier alpha value is -2.96. The first kappa shape index (κ1) is 13.0. The van der Waals surface area contributed by atoms with Crippen LogP contribution < -0.4 is 11.1 Å². The molecule has 7 heteroatoms. The third-order valence-electron chi connectivity index (χ3n) is 3.05. The number of carbonyl (C=O) groups is 1. The quantitative estimate of drug-likeness (QED) is 0.734. The maximum Gasteiger partial charge on any atom is 0.242 e. The van der Waals surface area contributed by atoms with Crippen LogP contribution >= 0.6 is 0 Å². The molecule has 21 heavy (non-hydrogen) atoms. The normalized spacial score (nSPS) is 10.7. The van der Waals surface area contributed by atoms with Crippen LogP contribution in [0.25, 0.3) is 10.9 Å². The molecule has 1 amide bonds. The molecule has 7 nitrogen and oxygen atoms in total. The molecule has 0 fully saturated rings. The van der Waals surface area contributed by atoms with E-state index in [0.717, 1.165) is 16.5 Å². The second-order valence-electron chi connectivity index (χ2n) is 4.57. The lowest BCUT2D eigenvalue weighted by molar-refractivity contribution is -0.122. The van der Waals surface area contributed by atoms with E-state index < -0.39 is 0 Å². The molecule has 3 aromatic rings. The number of nitrogens with two attached hydrogens (primary N) is 1. The average Bonchev–Trinajstić information content (AvgIpc) is 2.90. The molecule has 0 saturated heterocycles. The number of rotatable bonds is 4. The zero-order valence-corrected chi connectivity index (χ0v) is 11.2. The standard InChI is InChI=1S/C14H14N6O/c15-14-18-9-20(19-14)8-12(21)17-7-11-4-1-3-10-5-2-6-16-13(10)11/h1-6,9H,7-8H2,(H2,15,19)(H,17,21). The van der Waals surface area contributed by atoms with Gasteiger partial charge in [-0.15, -0.1) is 5.10 Å². The summed E-state index contributed by atoms with van der Waals surface area (Å²) in [5, 5.41) is 7.76. The van der Waals surface area contributed by atoms with Gasteiger partial charge >= 0.3 is 0 Å². The van der Waals surface area contributed by atoms with E-state index in [4.69, 9.17) is 5.73 Å². The van der Waals surface area contributed by atoms with Crippen molar-refractivity contribution >= 4 is 22.8 Å². The molecular weight excluding hydrogens is 268 g/mol. The molecule has 0 spiro atoms. The van der Waals surface area contributed by atoms with Crippen LogP contribution in [0.15, 0.2) is 42.9 Å². The highest BCUT2D eigenvalue weighted by molar-refractivity contribution is 5.82. The first-order chi connectivity index (χ1) is 10.2. The fourth-order valence-corrected chi connectivity index (χ4v) is 2.09. The summed E-state index contributed by atoms with van der Waals surface area (Å²) in [6.45, 7) is 0.500. The van der Waals surface area contributed by atoms with Crippen LogP contribution in [0.4, 0.5) is 5.95 Å². The molecule has 0 aliphatic rings. The van der Waals surface area contributed by atoms with E-state index in [1.165, 1.54) is 11.0 Å². The third-order valence-corrected chi connectivity index (χ3v) is 3.05. The minimum Gasteiger partial charge on any atom is -0.367 e. The number of para-hydroxylation sites is 1. The molecule has 0 bridgehead atoms. The number of amides is 1. The van der Waals surface area contributed by atoms with Crippen molar-refractivity contribution in [2.75, 3.05) is 5.73 Å². The summed E-state index contributed by atoms with van der Waals surface area (Å²) in [5.74, 6) is -0.00566. The highest BCUT2D eigenvalue weighted by Gasteiger charge is 2.06. The molecule has 0 aliphatic carbocycles. The molecule has 3 rings (SSSR count). The van der Waals surface area contributed by atoms with Crippen LogP contribution in [0.1, 0.15) is 5.56 Å². The summed E-state index contributed by atoms with van der Waals surface area (Å²) in [4.78, 5) is 20.0. The minimum absolute atomic E-state index is 0.0857. The van der Waals surface area contributed by atoms with E-state index in [9.17, 15) is 4.79 Å². The van der Waals surface area contributed by atoms with Crippen LogP contribution in [-0.2, 0) is 17.9 Å². The van der Waals surface area contributed by atoms with Crippen LogP contribution in [0, 0.1) is 0 Å². The molecule has 0 unspecified atom stereocenters. The highest BCUT2D eigenvalue weighted by Crippen LogP contribution is 2.15. The number of nitrogen functional groups attached to an aromatic ring is 1. The maximum atomic E-state index is 11.9. The Balaban J connectivity index is 1.67. The Bertz CT molecular complexity index is 776. The van der Waals surface area contributed by atoms with Gasteiger partial charge in [0.05, 0.1) is 5.52 Å². The highest BCUT2D eigenvalue weighted by atomic mass is 16.2. The van der Waals surface area contributed by atoms with Gasteiger partial charge in [0.2, 0.25) is 11.9 Å². The van der Waals surface area contributed by atoms with Gasteiger partial charge in [-0.05, 0) is 11.6 Å². The number of nitrogens with zero attached hydrogens (tertiary/aromatic N) is 4. The smallest absolute Gasteiger partial charge is 0.242 e. The van der Waals surface area contributed by atoms with Crippen molar-refractivity contribution in [2.24, 2.45) is 0 Å². The van der Waals surface area contributed by atoms with Gasteiger partial charge in [-0.25, -0.2) is 9.67 Å². The molecular formula is C14H14N6O. The van der Waals surface area contributed by atoms with Crippen molar-refractivity contribution in [3.63, 3.8) is 0 Å². The van der Waals surface area contributed by atoms with Crippen molar-refractivity contribution < 1.29 is 4.79 Å². The van der Waals surface area contributed by atoms with Crippen LogP contribution in [-0.4, -0.2) is 25.7 Å². The molecule has 2 aromatic heterocycles. The topological polar surface area (TPSA) is 98.7 Å². The summed E-state index contributed by atoms with van der Waals surface area (Å²) < 4.78 is 1.39. The molecule has 0 aliphatic heterocycles. The summed E-state index contributed by atoms with van der Waals surface area (Å²) in [5.41, 5.74) is 7.26. The van der Waals surface area contributed by atoms with Crippen molar-refractivity contribution in [1.82, 2.24) is 25.1 Å². The van der Waals surface area contributed by atoms with Crippen LogP contribution in [0.2, 0.25) is 0 Å². The molecule has 2 heterocycles. The molecule has 0 atom stereocenters. The Kier molecular flexibility index (Phi) is 3.46. The summed E-state index contributed by atoms with van der Waals surface area (Å²) in [6, 6.07) is 9.77. The Morgan fingerprint density at radius 3 is 2.90 bits per heavy atom. The van der Waals surface area contributed by atoms with Gasteiger partial charge in [0, 0.05) is 18.1 Å². The summed E-state index contributed by atoms with van der Waals surface area (Å²) in [6.07, 6.45) is 3.17. The second-order valence-corrected chi connectivity index (χ2v) is 4.57. The fraction of sp³-hybridized carbons (Fsp3) is 0.143. The lowest BCUT2D eigenvalue weighted by atomic mass is 10.1. The number of fused-ring (bicyclic) bond motifs is 1. The molecule has 0 saturated carbocycles. The number of hydrogen-bond acceptors (Lipinski definition) is 5. The summed E-state index contributed by atoms with van der Waals surface area (Å²) in [7, 11) is 0. The van der Waals surface area contributed by atoms with Crippen molar-refractivity contribution in [1.29, 1.82) is 0 Å². The van der Waals surface area contributed by atoms with Crippen LogP contribution in [0.3, 0.4) is 0 Å². The van der Waals surface area contributed by atoms with Crippen molar-refractivity contribution in [3.05, 3.63) is 48.4 Å². The number of hydrogen-bond donors (Lipinski definition) is 2. The van der Waals surface area contributed by atoms with Gasteiger partial charge in [-0.3, -0.25) is 9.78 Å². The maximum absolute atomic E-state index is 11.9. The van der Waals surface area contributed by atoms with E-state index in [0.29, 0.717) is 6.54 Å². The van der Waals surface area contributed by atoms with Crippen molar-refractivity contribution in [3.8, 4) is 0 Å². The van der Waals surface area contributed by atoms with Crippen molar-refractivity contribution in [2.45, 2.75) is 13.1 Å². The predicted molar refractivity (Wildman–Crippen MR) is 78.0 cm³/mol.